The fraction of sp³-hybridized carbons (Fsp3) is 1.00. The molecular formula is C12H26O2. The summed E-state index contributed by atoms with van der Waals surface area (Å²) in [5.74, 6) is 0.307. The van der Waals surface area contributed by atoms with Crippen molar-refractivity contribution >= 4 is 0 Å². The van der Waals surface area contributed by atoms with Crippen LogP contribution < -0.4 is 0 Å². The van der Waals surface area contributed by atoms with Gasteiger partial charge in [-0.25, -0.2) is 0 Å². The van der Waals surface area contributed by atoms with E-state index in [1.54, 1.807) is 0 Å². The first kappa shape index (κ1) is 13.9. The molecule has 0 saturated heterocycles. The highest BCUT2D eigenvalue weighted by Gasteiger charge is 2.16. The van der Waals surface area contributed by atoms with E-state index in [2.05, 4.69) is 13.8 Å². The Bertz CT molecular complexity index is 115. The SMILES string of the molecule is CCCCCCC(CCC)C(O)CO. The summed E-state index contributed by atoms with van der Waals surface area (Å²) in [7, 11) is 0. The van der Waals surface area contributed by atoms with E-state index in [0.717, 1.165) is 19.3 Å². The van der Waals surface area contributed by atoms with Gasteiger partial charge in [0.25, 0.3) is 0 Å². The topological polar surface area (TPSA) is 40.5 Å². The molecule has 0 rings (SSSR count). The third kappa shape index (κ3) is 6.39. The fourth-order valence-electron chi connectivity index (χ4n) is 1.88. The molecule has 0 heterocycles. The second-order valence-electron chi connectivity index (χ2n) is 4.15. The van der Waals surface area contributed by atoms with E-state index in [4.69, 9.17) is 5.11 Å². The van der Waals surface area contributed by atoms with E-state index >= 15 is 0 Å². The van der Waals surface area contributed by atoms with Gasteiger partial charge >= 0.3 is 0 Å². The van der Waals surface area contributed by atoms with Crippen molar-refractivity contribution in [3.8, 4) is 0 Å². The zero-order valence-electron chi connectivity index (χ0n) is 9.71. The first-order chi connectivity index (χ1) is 6.76. The average molecular weight is 202 g/mol. The number of unbranched alkanes of at least 4 members (excludes halogenated alkanes) is 3. The minimum Gasteiger partial charge on any atom is -0.394 e. The first-order valence-corrected chi connectivity index (χ1v) is 6.05. The number of hydrogen-bond donors (Lipinski definition) is 2. The molecule has 0 radical (unpaired) electrons. The molecule has 0 bridgehead atoms. The molecule has 2 N–H and O–H groups in total. The van der Waals surface area contributed by atoms with E-state index in [-0.39, 0.29) is 6.61 Å². The van der Waals surface area contributed by atoms with Gasteiger partial charge in [-0.15, -0.1) is 0 Å². The summed E-state index contributed by atoms with van der Waals surface area (Å²) in [6.07, 6.45) is 7.68. The van der Waals surface area contributed by atoms with E-state index in [9.17, 15) is 5.11 Å². The van der Waals surface area contributed by atoms with Crippen molar-refractivity contribution in [2.24, 2.45) is 5.92 Å². The fourth-order valence-corrected chi connectivity index (χ4v) is 1.88. The van der Waals surface area contributed by atoms with Crippen LogP contribution in [0.15, 0.2) is 0 Å². The summed E-state index contributed by atoms with van der Waals surface area (Å²) < 4.78 is 0. The van der Waals surface area contributed by atoms with Crippen LogP contribution in [0.4, 0.5) is 0 Å². The predicted octanol–water partition coefficient (Wildman–Crippen LogP) is 2.73. The van der Waals surface area contributed by atoms with Crippen LogP contribution >= 0.6 is 0 Å². The molecular weight excluding hydrogens is 176 g/mol. The summed E-state index contributed by atoms with van der Waals surface area (Å²) in [5, 5.41) is 18.4. The second-order valence-corrected chi connectivity index (χ2v) is 4.15. The lowest BCUT2D eigenvalue weighted by Crippen LogP contribution is -2.24. The van der Waals surface area contributed by atoms with Crippen LogP contribution in [0, 0.1) is 5.92 Å². The smallest absolute Gasteiger partial charge is 0.0799 e. The number of aliphatic hydroxyl groups excluding tert-OH is 2. The number of hydrogen-bond acceptors (Lipinski definition) is 2. The predicted molar refractivity (Wildman–Crippen MR) is 60.2 cm³/mol. The van der Waals surface area contributed by atoms with Crippen molar-refractivity contribution in [2.45, 2.75) is 64.9 Å². The van der Waals surface area contributed by atoms with Gasteiger partial charge in [0.05, 0.1) is 12.7 Å². The van der Waals surface area contributed by atoms with Crippen molar-refractivity contribution in [3.05, 3.63) is 0 Å². The van der Waals surface area contributed by atoms with Gasteiger partial charge in [0.2, 0.25) is 0 Å². The normalized spacial score (nSPS) is 15.4. The Balaban J connectivity index is 3.61. The first-order valence-electron chi connectivity index (χ1n) is 6.05. The van der Waals surface area contributed by atoms with Gasteiger partial charge in [-0.3, -0.25) is 0 Å². The molecule has 2 heteroatoms. The molecule has 2 atom stereocenters. The summed E-state index contributed by atoms with van der Waals surface area (Å²) >= 11 is 0. The molecule has 0 aliphatic carbocycles. The Morgan fingerprint density at radius 1 is 0.929 bits per heavy atom. The van der Waals surface area contributed by atoms with Gasteiger partial charge in [-0.05, 0) is 18.8 Å². The molecule has 0 aliphatic heterocycles. The Morgan fingerprint density at radius 3 is 2.14 bits per heavy atom. The summed E-state index contributed by atoms with van der Waals surface area (Å²) in [6, 6.07) is 0. The number of aliphatic hydroxyl groups is 2. The third-order valence-electron chi connectivity index (χ3n) is 2.82. The van der Waals surface area contributed by atoms with E-state index in [0.29, 0.717) is 5.92 Å². The van der Waals surface area contributed by atoms with Crippen molar-refractivity contribution in [2.75, 3.05) is 6.61 Å². The van der Waals surface area contributed by atoms with Gasteiger partial charge in [-0.2, -0.15) is 0 Å². The summed E-state index contributed by atoms with van der Waals surface area (Å²) in [6.45, 7) is 4.24. The van der Waals surface area contributed by atoms with Gasteiger partial charge in [-0.1, -0.05) is 46.0 Å². The summed E-state index contributed by atoms with van der Waals surface area (Å²) in [4.78, 5) is 0. The highest BCUT2D eigenvalue weighted by Crippen LogP contribution is 2.19. The van der Waals surface area contributed by atoms with Crippen LogP contribution in [0.25, 0.3) is 0 Å². The van der Waals surface area contributed by atoms with Crippen molar-refractivity contribution < 1.29 is 10.2 Å². The van der Waals surface area contributed by atoms with Gasteiger partial charge < -0.3 is 10.2 Å². The van der Waals surface area contributed by atoms with Crippen LogP contribution in [-0.2, 0) is 0 Å². The molecule has 0 amide bonds. The minimum absolute atomic E-state index is 0.0849. The van der Waals surface area contributed by atoms with E-state index in [1.807, 2.05) is 0 Å². The molecule has 2 nitrogen and oxygen atoms in total. The highest BCUT2D eigenvalue weighted by molar-refractivity contribution is 4.67. The molecule has 86 valence electrons. The molecule has 2 unspecified atom stereocenters. The van der Waals surface area contributed by atoms with Gasteiger partial charge in [0.15, 0.2) is 0 Å². The highest BCUT2D eigenvalue weighted by atomic mass is 16.3. The molecule has 0 saturated carbocycles. The van der Waals surface area contributed by atoms with E-state index < -0.39 is 6.10 Å². The molecule has 0 aromatic heterocycles. The van der Waals surface area contributed by atoms with Crippen molar-refractivity contribution in [1.29, 1.82) is 0 Å². The maximum Gasteiger partial charge on any atom is 0.0799 e. The molecule has 14 heavy (non-hydrogen) atoms. The van der Waals surface area contributed by atoms with Crippen molar-refractivity contribution in [1.82, 2.24) is 0 Å². The largest absolute Gasteiger partial charge is 0.394 e. The Morgan fingerprint density at radius 2 is 1.64 bits per heavy atom. The maximum atomic E-state index is 9.56. The van der Waals surface area contributed by atoms with E-state index in [1.165, 1.54) is 25.7 Å². The standard InChI is InChI=1S/C12H26O2/c1-3-5-6-7-9-11(8-4-2)12(14)10-13/h11-14H,3-10H2,1-2H3. The van der Waals surface area contributed by atoms with Crippen LogP contribution in [-0.4, -0.2) is 22.9 Å². The van der Waals surface area contributed by atoms with Crippen LogP contribution in [0.1, 0.15) is 58.8 Å². The van der Waals surface area contributed by atoms with Gasteiger partial charge in [0, 0.05) is 0 Å². The lowest BCUT2D eigenvalue weighted by molar-refractivity contribution is 0.0390. The Hall–Kier alpha value is -0.0800. The van der Waals surface area contributed by atoms with Crippen LogP contribution in [0.2, 0.25) is 0 Å². The molecule has 0 aromatic rings. The molecule has 0 fully saturated rings. The number of rotatable bonds is 9. The van der Waals surface area contributed by atoms with Crippen LogP contribution in [0.5, 0.6) is 0 Å². The average Bonchev–Trinajstić information content (AvgIpc) is 2.21. The zero-order valence-corrected chi connectivity index (χ0v) is 9.71. The molecule has 0 aromatic carbocycles. The maximum absolute atomic E-state index is 9.56. The lowest BCUT2D eigenvalue weighted by Gasteiger charge is -2.20. The molecule has 0 aliphatic rings. The second kappa shape index (κ2) is 9.47. The zero-order chi connectivity index (χ0) is 10.8. The Kier molecular flexibility index (Phi) is 9.42. The Labute approximate surface area is 88.3 Å². The van der Waals surface area contributed by atoms with Crippen LogP contribution in [0.3, 0.4) is 0 Å². The third-order valence-corrected chi connectivity index (χ3v) is 2.82. The quantitative estimate of drug-likeness (QED) is 0.564. The monoisotopic (exact) mass is 202 g/mol. The van der Waals surface area contributed by atoms with Crippen molar-refractivity contribution in [3.63, 3.8) is 0 Å². The van der Waals surface area contributed by atoms with Gasteiger partial charge in [0.1, 0.15) is 0 Å². The molecule has 0 spiro atoms. The summed E-state index contributed by atoms with van der Waals surface area (Å²) in [5.41, 5.74) is 0. The minimum atomic E-state index is -0.503. The lowest BCUT2D eigenvalue weighted by atomic mass is 9.91.